The molecule has 3 aromatic rings. The number of hydrogen-bond donors (Lipinski definition) is 0. The number of carbonyl (C=O) groups is 2. The largest absolute Gasteiger partial charge is 0.459 e. The van der Waals surface area contributed by atoms with Gasteiger partial charge in [0.1, 0.15) is 0 Å². The molecular formula is C23H24N4O5. The molecule has 0 unspecified atom stereocenters. The molecule has 2 aromatic heterocycles. The Morgan fingerprint density at radius 2 is 1.53 bits per heavy atom. The van der Waals surface area contributed by atoms with Gasteiger partial charge in [-0.15, -0.1) is 6.58 Å². The first-order valence-corrected chi connectivity index (χ1v) is 10.4. The van der Waals surface area contributed by atoms with Crippen LogP contribution in [0.3, 0.4) is 0 Å². The molecule has 9 heteroatoms. The molecule has 1 saturated heterocycles. The Balaban J connectivity index is 1.45. The topological polar surface area (TPSA) is 97.8 Å². The van der Waals surface area contributed by atoms with Crippen LogP contribution in [0.5, 0.6) is 0 Å². The van der Waals surface area contributed by atoms with E-state index in [1.165, 1.54) is 15.4 Å². The number of amides is 2. The molecule has 1 aliphatic heterocycles. The van der Waals surface area contributed by atoms with Crippen LogP contribution in [-0.4, -0.2) is 56.9 Å². The van der Waals surface area contributed by atoms with Crippen LogP contribution in [0.4, 0.5) is 0 Å². The summed E-state index contributed by atoms with van der Waals surface area (Å²) in [5.41, 5.74) is -0.0802. The highest BCUT2D eigenvalue weighted by Gasteiger charge is 2.26. The third kappa shape index (κ3) is 4.01. The molecule has 32 heavy (non-hydrogen) atoms. The predicted molar refractivity (Wildman–Crippen MR) is 118 cm³/mol. The lowest BCUT2D eigenvalue weighted by Crippen LogP contribution is -2.50. The first kappa shape index (κ1) is 21.4. The maximum absolute atomic E-state index is 12.8. The Hall–Kier alpha value is -3.88. The van der Waals surface area contributed by atoms with E-state index in [9.17, 15) is 19.2 Å². The fourth-order valence-electron chi connectivity index (χ4n) is 3.98. The molecule has 2 amide bonds. The molecule has 1 aliphatic rings. The third-order valence-corrected chi connectivity index (χ3v) is 5.65. The Kier molecular flexibility index (Phi) is 6.07. The molecule has 4 rings (SSSR count). The van der Waals surface area contributed by atoms with Crippen LogP contribution in [0.25, 0.3) is 11.0 Å². The summed E-state index contributed by atoms with van der Waals surface area (Å²) in [5.74, 6) is -0.0382. The minimum Gasteiger partial charge on any atom is -0.459 e. The van der Waals surface area contributed by atoms with E-state index in [4.69, 9.17) is 4.42 Å². The fourth-order valence-corrected chi connectivity index (χ4v) is 3.98. The Morgan fingerprint density at radius 3 is 2.16 bits per heavy atom. The minimum absolute atomic E-state index is 0.0843. The van der Waals surface area contributed by atoms with Crippen molar-refractivity contribution in [3.63, 3.8) is 0 Å². The number of carbonyl (C=O) groups excluding carboxylic acids is 2. The number of nitrogens with zero attached hydrogens (tertiary/aromatic N) is 4. The molecule has 1 fully saturated rings. The number of piperazine rings is 1. The van der Waals surface area contributed by atoms with Crippen LogP contribution in [0, 0.1) is 0 Å². The van der Waals surface area contributed by atoms with Gasteiger partial charge in [-0.2, -0.15) is 0 Å². The van der Waals surface area contributed by atoms with E-state index in [-0.39, 0.29) is 37.1 Å². The van der Waals surface area contributed by atoms with Crippen molar-refractivity contribution in [3.05, 3.63) is 81.8 Å². The van der Waals surface area contributed by atoms with Crippen LogP contribution in [0.2, 0.25) is 0 Å². The lowest BCUT2D eigenvalue weighted by molar-refractivity contribution is -0.132. The van der Waals surface area contributed by atoms with Crippen molar-refractivity contribution >= 4 is 22.8 Å². The van der Waals surface area contributed by atoms with Crippen LogP contribution in [0.1, 0.15) is 17.0 Å². The van der Waals surface area contributed by atoms with E-state index >= 15 is 0 Å². The van der Waals surface area contributed by atoms with E-state index in [2.05, 4.69) is 6.58 Å². The smallest absolute Gasteiger partial charge is 0.317 e. The van der Waals surface area contributed by atoms with Gasteiger partial charge in [0, 0.05) is 45.7 Å². The molecule has 0 spiro atoms. The summed E-state index contributed by atoms with van der Waals surface area (Å²) in [6.07, 6.45) is 3.10. The van der Waals surface area contributed by atoms with Gasteiger partial charge >= 0.3 is 11.1 Å². The van der Waals surface area contributed by atoms with Crippen molar-refractivity contribution in [2.75, 3.05) is 26.2 Å². The van der Waals surface area contributed by atoms with Crippen molar-refractivity contribution in [2.45, 2.75) is 19.5 Å². The lowest BCUT2D eigenvalue weighted by Gasteiger charge is -2.34. The van der Waals surface area contributed by atoms with Crippen molar-refractivity contribution in [1.29, 1.82) is 0 Å². The molecule has 0 N–H and O–H groups in total. The average molecular weight is 436 g/mol. The number of fused-ring (bicyclic) bond motifs is 1. The van der Waals surface area contributed by atoms with Gasteiger partial charge in [0.05, 0.1) is 17.3 Å². The summed E-state index contributed by atoms with van der Waals surface area (Å²) in [6, 6.07) is 10.4. The maximum Gasteiger partial charge on any atom is 0.317 e. The zero-order chi connectivity index (χ0) is 22.7. The van der Waals surface area contributed by atoms with E-state index in [0.29, 0.717) is 37.2 Å². The van der Waals surface area contributed by atoms with E-state index in [1.807, 2.05) is 0 Å². The molecule has 166 valence electrons. The minimum atomic E-state index is -0.660. The van der Waals surface area contributed by atoms with Gasteiger partial charge < -0.3 is 18.8 Å². The van der Waals surface area contributed by atoms with Crippen LogP contribution < -0.4 is 11.1 Å². The second-order valence-electron chi connectivity index (χ2n) is 7.55. The quantitative estimate of drug-likeness (QED) is 0.429. The number of benzene rings is 1. The normalized spacial score (nSPS) is 14.0. The molecule has 0 bridgehead atoms. The average Bonchev–Trinajstić information content (AvgIpc) is 3.36. The number of allylic oxidation sites excluding steroid dienone is 1. The van der Waals surface area contributed by atoms with Gasteiger partial charge in [0.25, 0.3) is 5.91 Å². The molecule has 0 aliphatic carbocycles. The lowest BCUT2D eigenvalue weighted by atomic mass is 10.2. The molecule has 0 radical (unpaired) electrons. The Bertz CT molecular complexity index is 1260. The number of para-hydroxylation sites is 2. The number of rotatable bonds is 6. The summed E-state index contributed by atoms with van der Waals surface area (Å²) in [7, 11) is 0. The monoisotopic (exact) mass is 436 g/mol. The molecule has 3 heterocycles. The van der Waals surface area contributed by atoms with Gasteiger partial charge in [-0.3, -0.25) is 23.7 Å². The number of furan rings is 1. The number of aryl methyl sites for hydroxylation is 1. The summed E-state index contributed by atoms with van der Waals surface area (Å²) in [5, 5.41) is 0. The molecule has 0 saturated carbocycles. The molecule has 1 aromatic carbocycles. The summed E-state index contributed by atoms with van der Waals surface area (Å²) in [6.45, 7) is 5.61. The highest BCUT2D eigenvalue weighted by Crippen LogP contribution is 2.13. The van der Waals surface area contributed by atoms with Gasteiger partial charge in [-0.25, -0.2) is 0 Å². The van der Waals surface area contributed by atoms with Crippen LogP contribution >= 0.6 is 0 Å². The van der Waals surface area contributed by atoms with Gasteiger partial charge in [-0.05, 0) is 24.3 Å². The standard InChI is InChI=1S/C23H24N4O5/c1-2-10-26-17-6-3-4-7-18(17)27(23(31)22(26)30)11-9-20(28)24-12-14-25(15-13-24)21(29)19-8-5-16-32-19/h2-8,16H,1,9-15H2. The third-order valence-electron chi connectivity index (χ3n) is 5.65. The van der Waals surface area contributed by atoms with Gasteiger partial charge in [-0.1, -0.05) is 18.2 Å². The second kappa shape index (κ2) is 9.09. The highest BCUT2D eigenvalue weighted by atomic mass is 16.3. The van der Waals surface area contributed by atoms with E-state index in [0.717, 1.165) is 0 Å². The van der Waals surface area contributed by atoms with Crippen LogP contribution in [-0.2, 0) is 17.9 Å². The second-order valence-corrected chi connectivity index (χ2v) is 7.55. The first-order chi connectivity index (χ1) is 15.5. The van der Waals surface area contributed by atoms with Gasteiger partial charge in [0.15, 0.2) is 5.76 Å². The summed E-state index contributed by atoms with van der Waals surface area (Å²) < 4.78 is 7.91. The fraction of sp³-hybridized carbons (Fsp3) is 0.304. The summed E-state index contributed by atoms with van der Waals surface area (Å²) in [4.78, 5) is 53.8. The molecule has 9 nitrogen and oxygen atoms in total. The maximum atomic E-state index is 12.8. The number of aromatic nitrogens is 2. The highest BCUT2D eigenvalue weighted by molar-refractivity contribution is 5.91. The van der Waals surface area contributed by atoms with E-state index in [1.54, 1.807) is 52.3 Å². The SMILES string of the molecule is C=CCn1c(=O)c(=O)n(CCC(=O)N2CCN(C(=O)c3ccco3)CC2)c2ccccc21. The molecular weight excluding hydrogens is 412 g/mol. The summed E-state index contributed by atoms with van der Waals surface area (Å²) >= 11 is 0. The first-order valence-electron chi connectivity index (χ1n) is 10.4. The van der Waals surface area contributed by atoms with Crippen molar-refractivity contribution in [2.24, 2.45) is 0 Å². The molecule has 0 atom stereocenters. The van der Waals surface area contributed by atoms with E-state index < -0.39 is 11.1 Å². The number of hydrogen-bond acceptors (Lipinski definition) is 5. The van der Waals surface area contributed by atoms with Crippen molar-refractivity contribution in [3.8, 4) is 0 Å². The van der Waals surface area contributed by atoms with Crippen molar-refractivity contribution < 1.29 is 14.0 Å². The van der Waals surface area contributed by atoms with Gasteiger partial charge in [0.2, 0.25) is 5.91 Å². The van der Waals surface area contributed by atoms with Crippen molar-refractivity contribution in [1.82, 2.24) is 18.9 Å². The zero-order valence-corrected chi connectivity index (χ0v) is 17.6. The Morgan fingerprint density at radius 1 is 0.906 bits per heavy atom. The zero-order valence-electron chi connectivity index (χ0n) is 17.6. The van der Waals surface area contributed by atoms with Crippen LogP contribution in [0.15, 0.2) is 69.3 Å². The predicted octanol–water partition coefficient (Wildman–Crippen LogP) is 1.32. The Labute approximate surface area is 183 Å².